The zero-order valence-electron chi connectivity index (χ0n) is 13.0. The number of unbranched alkanes of at least 4 members (excludes halogenated alkanes) is 2. The molecule has 6 heteroatoms. The fourth-order valence-electron chi connectivity index (χ4n) is 2.66. The highest BCUT2D eigenvalue weighted by Crippen LogP contribution is 2.03. The molecule has 1 aromatic rings. The molecule has 0 saturated carbocycles. The van der Waals surface area contributed by atoms with E-state index in [2.05, 4.69) is 4.90 Å². The molecule has 1 saturated heterocycles. The van der Waals surface area contributed by atoms with E-state index in [1.807, 2.05) is 6.92 Å². The lowest BCUT2D eigenvalue weighted by Crippen LogP contribution is -2.38. The second-order valence-corrected chi connectivity index (χ2v) is 5.63. The number of aryl methyl sites for hydroxylation is 1. The fraction of sp³-hybridized carbons (Fsp3) is 0.733. The number of nitrogens with zero attached hydrogens (tertiary/aromatic N) is 3. The highest BCUT2D eigenvalue weighted by molar-refractivity contribution is 4.99. The number of ether oxygens (including phenoxy) is 1. The quantitative estimate of drug-likeness (QED) is 0.711. The van der Waals surface area contributed by atoms with E-state index >= 15 is 0 Å². The average molecular weight is 295 g/mol. The molecule has 0 amide bonds. The Balaban J connectivity index is 1.77. The first-order chi connectivity index (χ1) is 10.1. The molecular weight excluding hydrogens is 270 g/mol. The van der Waals surface area contributed by atoms with Crippen molar-refractivity contribution in [1.82, 2.24) is 14.0 Å². The smallest absolute Gasteiger partial charge is 0.330 e. The lowest BCUT2D eigenvalue weighted by molar-refractivity contribution is 0.0371. The minimum Gasteiger partial charge on any atom is -0.379 e. The molecule has 118 valence electrons. The highest BCUT2D eigenvalue weighted by Gasteiger charge is 2.09. The normalized spacial score (nSPS) is 16.3. The summed E-state index contributed by atoms with van der Waals surface area (Å²) in [6.45, 7) is 7.33. The van der Waals surface area contributed by atoms with E-state index in [9.17, 15) is 9.59 Å². The molecule has 0 spiro atoms. The molecule has 1 aromatic heterocycles. The Labute approximate surface area is 124 Å². The summed E-state index contributed by atoms with van der Waals surface area (Å²) in [5.41, 5.74) is 0.297. The van der Waals surface area contributed by atoms with Gasteiger partial charge in [-0.15, -0.1) is 0 Å². The molecule has 1 aliphatic rings. The number of morpholine rings is 1. The van der Waals surface area contributed by atoms with Gasteiger partial charge >= 0.3 is 5.69 Å². The van der Waals surface area contributed by atoms with Crippen LogP contribution in [0.25, 0.3) is 0 Å². The number of hydrogen-bond acceptors (Lipinski definition) is 4. The van der Waals surface area contributed by atoms with Gasteiger partial charge in [0.25, 0.3) is 5.56 Å². The van der Waals surface area contributed by atoms with Crippen molar-refractivity contribution in [3.8, 4) is 0 Å². The van der Waals surface area contributed by atoms with Crippen LogP contribution in [0.5, 0.6) is 0 Å². The number of hydrogen-bond donors (Lipinski definition) is 0. The van der Waals surface area contributed by atoms with E-state index in [1.165, 1.54) is 17.7 Å². The summed E-state index contributed by atoms with van der Waals surface area (Å²) < 4.78 is 8.18. The van der Waals surface area contributed by atoms with Gasteiger partial charge in [0.2, 0.25) is 0 Å². The summed E-state index contributed by atoms with van der Waals surface area (Å²) in [6, 6.07) is 1.52. The van der Waals surface area contributed by atoms with Crippen LogP contribution < -0.4 is 11.2 Å². The average Bonchev–Trinajstić information content (AvgIpc) is 2.49. The maximum Gasteiger partial charge on any atom is 0.330 e. The first-order valence-electron chi connectivity index (χ1n) is 7.67. The zero-order chi connectivity index (χ0) is 15.2. The monoisotopic (exact) mass is 295 g/mol. The van der Waals surface area contributed by atoms with Gasteiger partial charge in [0.1, 0.15) is 0 Å². The third-order valence-electron chi connectivity index (χ3n) is 4.07. The molecule has 2 heterocycles. The van der Waals surface area contributed by atoms with Crippen LogP contribution in [0.15, 0.2) is 15.7 Å². The predicted octanol–water partition coefficient (Wildman–Crippen LogP) is 0.358. The predicted molar refractivity (Wildman–Crippen MR) is 81.8 cm³/mol. The minimum atomic E-state index is -0.235. The number of aromatic nitrogens is 2. The SMILES string of the molecule is Cc1cc(=O)n(C)c(=O)n1CCCCCN1CCOCC1. The molecule has 6 nitrogen and oxygen atoms in total. The van der Waals surface area contributed by atoms with Gasteiger partial charge < -0.3 is 4.74 Å². The van der Waals surface area contributed by atoms with Crippen LogP contribution >= 0.6 is 0 Å². The summed E-state index contributed by atoms with van der Waals surface area (Å²) in [4.78, 5) is 25.9. The maximum atomic E-state index is 12.0. The largest absolute Gasteiger partial charge is 0.379 e. The molecule has 0 aromatic carbocycles. The number of rotatable bonds is 6. The van der Waals surface area contributed by atoms with Crippen molar-refractivity contribution >= 4 is 0 Å². The van der Waals surface area contributed by atoms with E-state index in [0.29, 0.717) is 6.54 Å². The molecule has 1 aliphatic heterocycles. The lowest BCUT2D eigenvalue weighted by atomic mass is 10.2. The lowest BCUT2D eigenvalue weighted by Gasteiger charge is -2.26. The third kappa shape index (κ3) is 4.28. The van der Waals surface area contributed by atoms with Crippen LogP contribution in [0.4, 0.5) is 0 Å². The van der Waals surface area contributed by atoms with Crippen LogP contribution in [0.3, 0.4) is 0 Å². The van der Waals surface area contributed by atoms with Crippen LogP contribution in [0, 0.1) is 6.92 Å². The standard InChI is InChI=1S/C15H25N3O3/c1-13-12-14(19)16(2)15(20)18(13)7-5-3-4-6-17-8-10-21-11-9-17/h12H,3-11H2,1-2H3. The Morgan fingerprint density at radius 3 is 2.48 bits per heavy atom. The Bertz CT molecular complexity index is 571. The van der Waals surface area contributed by atoms with Crippen molar-refractivity contribution in [3.05, 3.63) is 32.6 Å². The Morgan fingerprint density at radius 1 is 1.10 bits per heavy atom. The van der Waals surface area contributed by atoms with Gasteiger partial charge in [0.05, 0.1) is 13.2 Å². The Hall–Kier alpha value is -1.40. The first-order valence-corrected chi connectivity index (χ1v) is 7.67. The van der Waals surface area contributed by atoms with Crippen molar-refractivity contribution in [3.63, 3.8) is 0 Å². The molecule has 0 radical (unpaired) electrons. The van der Waals surface area contributed by atoms with Crippen LogP contribution in [0.2, 0.25) is 0 Å². The van der Waals surface area contributed by atoms with Crippen LogP contribution in [0.1, 0.15) is 25.0 Å². The summed E-state index contributed by atoms with van der Waals surface area (Å²) in [5.74, 6) is 0. The van der Waals surface area contributed by atoms with E-state index in [1.54, 1.807) is 4.57 Å². The molecule has 1 fully saturated rings. The van der Waals surface area contributed by atoms with Crippen molar-refractivity contribution in [2.45, 2.75) is 32.7 Å². The van der Waals surface area contributed by atoms with Gasteiger partial charge in [-0.2, -0.15) is 0 Å². The van der Waals surface area contributed by atoms with Crippen molar-refractivity contribution in [1.29, 1.82) is 0 Å². The van der Waals surface area contributed by atoms with Gasteiger partial charge in [-0.3, -0.25) is 18.8 Å². The molecule has 0 bridgehead atoms. The Kier molecular flexibility index (Phi) is 5.76. The fourth-order valence-corrected chi connectivity index (χ4v) is 2.66. The van der Waals surface area contributed by atoms with E-state index in [-0.39, 0.29) is 11.2 Å². The van der Waals surface area contributed by atoms with E-state index in [4.69, 9.17) is 4.74 Å². The third-order valence-corrected chi connectivity index (χ3v) is 4.07. The second-order valence-electron chi connectivity index (χ2n) is 5.63. The van der Waals surface area contributed by atoms with Crippen molar-refractivity contribution in [2.24, 2.45) is 7.05 Å². The summed E-state index contributed by atoms with van der Waals surface area (Å²) in [7, 11) is 1.53. The molecule has 2 rings (SSSR count). The van der Waals surface area contributed by atoms with Gasteiger partial charge in [-0.1, -0.05) is 6.42 Å². The van der Waals surface area contributed by atoms with Crippen LogP contribution in [-0.4, -0.2) is 46.9 Å². The van der Waals surface area contributed by atoms with Gasteiger partial charge in [0.15, 0.2) is 0 Å². The summed E-state index contributed by atoms with van der Waals surface area (Å²) in [5, 5.41) is 0. The minimum absolute atomic E-state index is 0.215. The Morgan fingerprint density at radius 2 is 1.76 bits per heavy atom. The summed E-state index contributed by atoms with van der Waals surface area (Å²) in [6.07, 6.45) is 3.19. The molecule has 0 aliphatic carbocycles. The molecule has 0 unspecified atom stereocenters. The molecule has 21 heavy (non-hydrogen) atoms. The van der Waals surface area contributed by atoms with Gasteiger partial charge in [-0.05, 0) is 26.3 Å². The van der Waals surface area contributed by atoms with E-state index in [0.717, 1.165) is 57.8 Å². The molecule has 0 N–H and O–H groups in total. The van der Waals surface area contributed by atoms with Crippen molar-refractivity contribution in [2.75, 3.05) is 32.8 Å². The molecular formula is C15H25N3O3. The van der Waals surface area contributed by atoms with Crippen LogP contribution in [-0.2, 0) is 18.3 Å². The van der Waals surface area contributed by atoms with Gasteiger partial charge in [-0.25, -0.2) is 4.79 Å². The van der Waals surface area contributed by atoms with Gasteiger partial charge in [0, 0.05) is 38.4 Å². The zero-order valence-corrected chi connectivity index (χ0v) is 13.0. The first kappa shape index (κ1) is 16.0. The maximum absolute atomic E-state index is 12.0. The molecule has 0 atom stereocenters. The van der Waals surface area contributed by atoms with Crippen molar-refractivity contribution < 1.29 is 4.74 Å². The highest BCUT2D eigenvalue weighted by atomic mass is 16.5. The summed E-state index contributed by atoms with van der Waals surface area (Å²) >= 11 is 0. The van der Waals surface area contributed by atoms with E-state index < -0.39 is 0 Å². The topological polar surface area (TPSA) is 56.5 Å². The second kappa shape index (κ2) is 7.56.